The molecule has 0 radical (unpaired) electrons. The van der Waals surface area contributed by atoms with Crippen LogP contribution in [0.2, 0.25) is 0 Å². The molecule has 2 aromatic carbocycles. The van der Waals surface area contributed by atoms with Crippen LogP contribution in [0.3, 0.4) is 0 Å². The van der Waals surface area contributed by atoms with E-state index in [0.29, 0.717) is 32.7 Å². The molecule has 5 nitrogen and oxygen atoms in total. The number of furan rings is 1. The van der Waals surface area contributed by atoms with Crippen molar-refractivity contribution < 1.29 is 19.1 Å². The summed E-state index contributed by atoms with van der Waals surface area (Å²) >= 11 is 0. The third-order valence-electron chi connectivity index (χ3n) is 5.68. The third-order valence-corrected chi connectivity index (χ3v) is 5.68. The van der Waals surface area contributed by atoms with Gasteiger partial charge in [0.1, 0.15) is 18.1 Å². The van der Waals surface area contributed by atoms with E-state index < -0.39 is 5.97 Å². The number of carboxylic acid groups (broad SMARTS) is 1. The maximum absolute atomic E-state index is 11.7. The maximum atomic E-state index is 11.7. The molecule has 1 aromatic heterocycles. The van der Waals surface area contributed by atoms with E-state index >= 15 is 0 Å². The van der Waals surface area contributed by atoms with Gasteiger partial charge in [-0.1, -0.05) is 61.9 Å². The summed E-state index contributed by atoms with van der Waals surface area (Å²) < 4.78 is 11.7. The fraction of sp³-hybridized carbons (Fsp3) is 0.370. The molecule has 0 saturated carbocycles. The first kappa shape index (κ1) is 23.6. The average Bonchev–Trinajstić information content (AvgIpc) is 3.26. The van der Waals surface area contributed by atoms with Crippen LogP contribution in [0.15, 0.2) is 71.3 Å². The summed E-state index contributed by atoms with van der Waals surface area (Å²) in [4.78, 5) is 13.9. The summed E-state index contributed by atoms with van der Waals surface area (Å²) in [5, 5.41) is 9.59. The van der Waals surface area contributed by atoms with Crippen molar-refractivity contribution >= 4 is 5.97 Å². The topological polar surface area (TPSA) is 62.9 Å². The van der Waals surface area contributed by atoms with Crippen LogP contribution in [-0.4, -0.2) is 22.5 Å². The van der Waals surface area contributed by atoms with E-state index in [-0.39, 0.29) is 11.8 Å². The first-order valence-electron chi connectivity index (χ1n) is 11.2. The van der Waals surface area contributed by atoms with Crippen LogP contribution in [0.1, 0.15) is 42.7 Å². The first-order chi connectivity index (χ1) is 15.4. The highest BCUT2D eigenvalue weighted by Crippen LogP contribution is 2.24. The SMILES string of the molecule is Cc1cccc(COc2ccccc2CN(CCC(C(=O)O)C(C)C)Cc2ccco2)c1. The molecule has 3 aromatic rings. The van der Waals surface area contributed by atoms with Crippen molar-refractivity contribution in [1.29, 1.82) is 0 Å². The van der Waals surface area contributed by atoms with Gasteiger partial charge in [0.05, 0.1) is 18.7 Å². The number of carboxylic acids is 1. The molecular formula is C27H33NO4. The van der Waals surface area contributed by atoms with Crippen LogP contribution < -0.4 is 4.74 Å². The summed E-state index contributed by atoms with van der Waals surface area (Å²) in [6, 6.07) is 20.2. The van der Waals surface area contributed by atoms with Gasteiger partial charge >= 0.3 is 5.97 Å². The average molecular weight is 436 g/mol. The second-order valence-corrected chi connectivity index (χ2v) is 8.65. The van der Waals surface area contributed by atoms with Crippen LogP contribution in [-0.2, 0) is 24.5 Å². The van der Waals surface area contributed by atoms with Crippen molar-refractivity contribution in [3.8, 4) is 5.75 Å². The minimum absolute atomic E-state index is 0.0860. The number of carbonyl (C=O) groups is 1. The van der Waals surface area contributed by atoms with Crippen molar-refractivity contribution in [1.82, 2.24) is 4.90 Å². The monoisotopic (exact) mass is 435 g/mol. The Morgan fingerprint density at radius 2 is 1.88 bits per heavy atom. The number of aliphatic carboxylic acids is 1. The van der Waals surface area contributed by atoms with Crippen molar-refractivity contribution in [2.24, 2.45) is 11.8 Å². The lowest BCUT2D eigenvalue weighted by Gasteiger charge is -2.25. The van der Waals surface area contributed by atoms with E-state index in [1.165, 1.54) is 5.56 Å². The number of hydrogen-bond donors (Lipinski definition) is 1. The van der Waals surface area contributed by atoms with E-state index in [4.69, 9.17) is 9.15 Å². The van der Waals surface area contributed by atoms with Gasteiger partial charge in [0.25, 0.3) is 0 Å². The van der Waals surface area contributed by atoms with Gasteiger partial charge in [-0.15, -0.1) is 0 Å². The lowest BCUT2D eigenvalue weighted by molar-refractivity contribution is -0.143. The number of benzene rings is 2. The van der Waals surface area contributed by atoms with Gasteiger partial charge in [0.15, 0.2) is 0 Å². The molecule has 0 bridgehead atoms. The van der Waals surface area contributed by atoms with Crippen LogP contribution in [0.4, 0.5) is 0 Å². The third kappa shape index (κ3) is 6.99. The minimum atomic E-state index is -0.736. The predicted molar refractivity (Wildman–Crippen MR) is 125 cm³/mol. The van der Waals surface area contributed by atoms with Gasteiger partial charge in [-0.3, -0.25) is 9.69 Å². The highest BCUT2D eigenvalue weighted by molar-refractivity contribution is 5.70. The Labute approximate surface area is 190 Å². The molecule has 1 atom stereocenters. The molecule has 0 aliphatic heterocycles. The van der Waals surface area contributed by atoms with Gasteiger partial charge in [0, 0.05) is 12.1 Å². The lowest BCUT2D eigenvalue weighted by atomic mass is 9.92. The molecule has 0 spiro atoms. The second-order valence-electron chi connectivity index (χ2n) is 8.65. The highest BCUT2D eigenvalue weighted by atomic mass is 16.5. The van der Waals surface area contributed by atoms with Crippen LogP contribution in [0, 0.1) is 18.8 Å². The summed E-state index contributed by atoms with van der Waals surface area (Å²) in [5.41, 5.74) is 3.42. The molecule has 32 heavy (non-hydrogen) atoms. The molecule has 0 fully saturated rings. The summed E-state index contributed by atoms with van der Waals surface area (Å²) in [7, 11) is 0. The quantitative estimate of drug-likeness (QED) is 0.383. The number of aryl methyl sites for hydroxylation is 1. The van der Waals surface area contributed by atoms with Gasteiger partial charge < -0.3 is 14.3 Å². The number of hydrogen-bond acceptors (Lipinski definition) is 4. The Kier molecular flexibility index (Phi) is 8.51. The zero-order valence-electron chi connectivity index (χ0n) is 19.2. The van der Waals surface area contributed by atoms with E-state index in [9.17, 15) is 9.90 Å². The van der Waals surface area contributed by atoms with Gasteiger partial charge in [-0.2, -0.15) is 0 Å². The second kappa shape index (κ2) is 11.5. The minimum Gasteiger partial charge on any atom is -0.489 e. The Morgan fingerprint density at radius 1 is 1.06 bits per heavy atom. The summed E-state index contributed by atoms with van der Waals surface area (Å²) in [6.45, 7) is 8.42. The van der Waals surface area contributed by atoms with E-state index in [1.54, 1.807) is 6.26 Å². The molecule has 1 unspecified atom stereocenters. The fourth-order valence-electron chi connectivity index (χ4n) is 3.88. The maximum Gasteiger partial charge on any atom is 0.306 e. The smallest absolute Gasteiger partial charge is 0.306 e. The predicted octanol–water partition coefficient (Wildman–Crippen LogP) is 5.92. The van der Waals surface area contributed by atoms with E-state index in [2.05, 4.69) is 36.1 Å². The zero-order valence-corrected chi connectivity index (χ0v) is 19.2. The normalized spacial score (nSPS) is 12.3. The molecule has 0 saturated heterocycles. The van der Waals surface area contributed by atoms with Crippen LogP contribution in [0.5, 0.6) is 5.75 Å². The Bertz CT molecular complexity index is 981. The number of nitrogens with zero attached hydrogens (tertiary/aromatic N) is 1. The first-order valence-corrected chi connectivity index (χ1v) is 11.2. The summed E-state index contributed by atoms with van der Waals surface area (Å²) in [5.74, 6) is 0.682. The van der Waals surface area contributed by atoms with Gasteiger partial charge in [0.2, 0.25) is 0 Å². The van der Waals surface area contributed by atoms with Crippen molar-refractivity contribution in [2.45, 2.75) is 46.9 Å². The molecule has 0 aliphatic rings. The lowest BCUT2D eigenvalue weighted by Crippen LogP contribution is -2.29. The zero-order chi connectivity index (χ0) is 22.9. The molecule has 1 heterocycles. The Morgan fingerprint density at radius 3 is 2.56 bits per heavy atom. The molecule has 1 N–H and O–H groups in total. The molecule has 0 amide bonds. The van der Waals surface area contributed by atoms with Gasteiger partial charge in [-0.25, -0.2) is 0 Å². The molecular weight excluding hydrogens is 402 g/mol. The largest absolute Gasteiger partial charge is 0.489 e. The molecule has 3 rings (SSSR count). The van der Waals surface area contributed by atoms with Crippen LogP contribution in [0.25, 0.3) is 0 Å². The van der Waals surface area contributed by atoms with Crippen LogP contribution >= 0.6 is 0 Å². The van der Waals surface area contributed by atoms with E-state index in [1.807, 2.05) is 50.2 Å². The fourth-order valence-corrected chi connectivity index (χ4v) is 3.88. The van der Waals surface area contributed by atoms with Crippen molar-refractivity contribution in [3.05, 3.63) is 89.4 Å². The van der Waals surface area contributed by atoms with E-state index in [0.717, 1.165) is 22.6 Å². The Hall–Kier alpha value is -3.05. The van der Waals surface area contributed by atoms with Gasteiger partial charge in [-0.05, 0) is 49.6 Å². The standard InChI is InChI=1S/C27H33NO4/c1-20(2)25(27(29)30)13-14-28(18-24-11-7-15-31-24)17-23-10-4-5-12-26(23)32-19-22-9-6-8-21(3)16-22/h4-12,15-16,20,25H,13-14,17-19H2,1-3H3,(H,29,30). The molecule has 0 aliphatic carbocycles. The summed E-state index contributed by atoms with van der Waals surface area (Å²) in [6.07, 6.45) is 2.25. The number of ether oxygens (including phenoxy) is 1. The Balaban J connectivity index is 1.72. The number of rotatable bonds is 12. The molecule has 5 heteroatoms. The molecule has 170 valence electrons. The van der Waals surface area contributed by atoms with Crippen molar-refractivity contribution in [2.75, 3.05) is 6.54 Å². The van der Waals surface area contributed by atoms with Crippen molar-refractivity contribution in [3.63, 3.8) is 0 Å². The number of para-hydroxylation sites is 1. The highest BCUT2D eigenvalue weighted by Gasteiger charge is 2.23.